The van der Waals surface area contributed by atoms with Gasteiger partial charge in [-0.1, -0.05) is 11.6 Å². The van der Waals surface area contributed by atoms with E-state index in [4.69, 9.17) is 19.4 Å². The van der Waals surface area contributed by atoms with Gasteiger partial charge in [0.05, 0.1) is 11.7 Å². The normalized spacial score (nSPS) is 34.3. The lowest BCUT2D eigenvalue weighted by Gasteiger charge is -2.30. The molecule has 0 aromatic heterocycles. The monoisotopic (exact) mass is 394 g/mol. The Labute approximate surface area is 167 Å². The maximum atomic E-state index is 12.5. The fourth-order valence-corrected chi connectivity index (χ4v) is 5.33. The smallest absolute Gasteiger partial charge is 0.290 e. The number of allylic oxidation sites excluding steroid dienone is 1. The minimum atomic E-state index is -0.250. The second kappa shape index (κ2) is 9.37. The lowest BCUT2D eigenvalue weighted by Crippen LogP contribution is -2.43. The molecule has 0 unspecified atom stereocenters. The largest absolute Gasteiger partial charge is 0.483 e. The first kappa shape index (κ1) is 21.3. The van der Waals surface area contributed by atoms with E-state index in [0.717, 1.165) is 58.7 Å². The molecule has 2 bridgehead atoms. The average molecular weight is 395 g/mol. The molecule has 7 heteroatoms. The van der Waals surface area contributed by atoms with E-state index in [2.05, 4.69) is 30.1 Å². The topological polar surface area (TPSA) is 88.1 Å². The Balaban J connectivity index is 0.000000706. The number of rotatable bonds is 5. The molecule has 7 nitrogen and oxygen atoms in total. The van der Waals surface area contributed by atoms with Crippen LogP contribution < -0.4 is 5.32 Å². The lowest BCUT2D eigenvalue weighted by molar-refractivity contribution is -0.128. The summed E-state index contributed by atoms with van der Waals surface area (Å²) >= 11 is 0. The Bertz CT molecular complexity index is 585. The molecule has 4 aliphatic heterocycles. The number of carbonyl (C=O) groups excluding carboxylic acids is 1. The van der Waals surface area contributed by atoms with E-state index in [-0.39, 0.29) is 23.9 Å². The average Bonchev–Trinajstić information content (AvgIpc) is 3.34. The summed E-state index contributed by atoms with van der Waals surface area (Å²) in [5.74, 6) is 1.42. The van der Waals surface area contributed by atoms with Crippen molar-refractivity contribution < 1.29 is 24.2 Å². The molecule has 0 aliphatic carbocycles. The molecule has 0 aromatic carbocycles. The summed E-state index contributed by atoms with van der Waals surface area (Å²) < 4.78 is 11.8. The van der Waals surface area contributed by atoms with Gasteiger partial charge in [-0.2, -0.15) is 0 Å². The van der Waals surface area contributed by atoms with Gasteiger partial charge in [0.2, 0.25) is 5.91 Å². The summed E-state index contributed by atoms with van der Waals surface area (Å²) in [7, 11) is 0. The molecule has 4 saturated heterocycles. The zero-order valence-electron chi connectivity index (χ0n) is 17.1. The van der Waals surface area contributed by atoms with Crippen molar-refractivity contribution in [1.82, 2.24) is 10.2 Å². The second-order valence-electron chi connectivity index (χ2n) is 8.74. The van der Waals surface area contributed by atoms with Crippen LogP contribution in [0.4, 0.5) is 0 Å². The Morgan fingerprint density at radius 2 is 2.00 bits per heavy atom. The molecule has 158 valence electrons. The summed E-state index contributed by atoms with van der Waals surface area (Å²) in [6.07, 6.45) is 6.74. The molecule has 0 radical (unpaired) electrons. The molecule has 4 heterocycles. The third-order valence-electron chi connectivity index (χ3n) is 6.72. The van der Waals surface area contributed by atoms with Crippen LogP contribution in [0, 0.1) is 17.8 Å². The van der Waals surface area contributed by atoms with Gasteiger partial charge in [0, 0.05) is 57.1 Å². The minimum absolute atomic E-state index is 0.0637. The van der Waals surface area contributed by atoms with Gasteiger partial charge in [-0.3, -0.25) is 14.5 Å². The van der Waals surface area contributed by atoms with E-state index in [1.54, 1.807) is 0 Å². The van der Waals surface area contributed by atoms with Gasteiger partial charge < -0.3 is 19.9 Å². The van der Waals surface area contributed by atoms with E-state index in [1.165, 1.54) is 12.0 Å². The van der Waals surface area contributed by atoms with E-state index in [0.29, 0.717) is 17.9 Å². The molecule has 1 spiro atoms. The SMILES string of the molecule is CC(C)=CCN1C[C@@H]2[C@H](CNC(=O)C3CCOCC3)[C@H]3CC[C@]2(C1)O3.O=CO. The molecule has 2 N–H and O–H groups in total. The van der Waals surface area contributed by atoms with Gasteiger partial charge >= 0.3 is 0 Å². The number of ether oxygens (including phenoxy) is 2. The van der Waals surface area contributed by atoms with Crippen LogP contribution in [0.15, 0.2) is 11.6 Å². The van der Waals surface area contributed by atoms with Gasteiger partial charge in [-0.15, -0.1) is 0 Å². The summed E-state index contributed by atoms with van der Waals surface area (Å²) in [4.78, 5) is 23.4. The van der Waals surface area contributed by atoms with Crippen molar-refractivity contribution in [2.45, 2.75) is 51.2 Å². The van der Waals surface area contributed by atoms with Crippen molar-refractivity contribution in [3.05, 3.63) is 11.6 Å². The van der Waals surface area contributed by atoms with Crippen LogP contribution in [0.5, 0.6) is 0 Å². The minimum Gasteiger partial charge on any atom is -0.483 e. The van der Waals surface area contributed by atoms with Crippen molar-refractivity contribution in [3.8, 4) is 0 Å². The summed E-state index contributed by atoms with van der Waals surface area (Å²) in [6.45, 7) is 9.48. The predicted molar refractivity (Wildman–Crippen MR) is 105 cm³/mol. The van der Waals surface area contributed by atoms with Crippen LogP contribution in [0.25, 0.3) is 0 Å². The number of hydrogen-bond acceptors (Lipinski definition) is 5. The molecule has 0 saturated carbocycles. The Kier molecular flexibility index (Phi) is 7.12. The Morgan fingerprint density at radius 3 is 2.68 bits per heavy atom. The quantitative estimate of drug-likeness (QED) is 0.545. The van der Waals surface area contributed by atoms with Crippen LogP contribution in [-0.2, 0) is 19.1 Å². The highest BCUT2D eigenvalue weighted by molar-refractivity contribution is 5.78. The fourth-order valence-electron chi connectivity index (χ4n) is 5.33. The lowest BCUT2D eigenvalue weighted by atomic mass is 9.73. The summed E-state index contributed by atoms with van der Waals surface area (Å²) in [6, 6.07) is 0. The van der Waals surface area contributed by atoms with Gasteiger partial charge in [0.1, 0.15) is 0 Å². The number of fused-ring (bicyclic) bond motifs is 1. The summed E-state index contributed by atoms with van der Waals surface area (Å²) in [5.41, 5.74) is 1.44. The predicted octanol–water partition coefficient (Wildman–Crippen LogP) is 1.68. The molecule has 1 amide bonds. The first-order valence-corrected chi connectivity index (χ1v) is 10.5. The number of nitrogens with one attached hydrogen (secondary N) is 1. The Morgan fingerprint density at radius 1 is 1.29 bits per heavy atom. The maximum absolute atomic E-state index is 12.5. The first-order chi connectivity index (χ1) is 13.5. The molecule has 4 aliphatic rings. The number of hydrogen-bond donors (Lipinski definition) is 2. The van der Waals surface area contributed by atoms with E-state index in [1.807, 2.05) is 0 Å². The third kappa shape index (κ3) is 4.58. The molecule has 28 heavy (non-hydrogen) atoms. The fraction of sp³-hybridized carbons (Fsp3) is 0.810. The number of carbonyl (C=O) groups is 2. The highest BCUT2D eigenvalue weighted by Crippen LogP contribution is 2.54. The molecule has 0 aromatic rings. The number of amides is 1. The Hall–Kier alpha value is -1.44. The molecule has 4 atom stereocenters. The van der Waals surface area contributed by atoms with E-state index < -0.39 is 0 Å². The number of likely N-dealkylation sites (tertiary alicyclic amines) is 1. The van der Waals surface area contributed by atoms with Crippen LogP contribution in [0.3, 0.4) is 0 Å². The van der Waals surface area contributed by atoms with Crippen LogP contribution in [0.1, 0.15) is 39.5 Å². The zero-order valence-corrected chi connectivity index (χ0v) is 17.1. The van der Waals surface area contributed by atoms with Gasteiger partial charge in [0.25, 0.3) is 6.47 Å². The van der Waals surface area contributed by atoms with E-state index in [9.17, 15) is 4.79 Å². The molecular formula is C21H34N2O5. The van der Waals surface area contributed by atoms with E-state index >= 15 is 0 Å². The number of nitrogens with zero attached hydrogens (tertiary/aromatic N) is 1. The number of carboxylic acid groups (broad SMARTS) is 1. The van der Waals surface area contributed by atoms with Gasteiger partial charge in [0.15, 0.2) is 0 Å². The molecule has 4 rings (SSSR count). The molecular weight excluding hydrogens is 360 g/mol. The van der Waals surface area contributed by atoms with Crippen molar-refractivity contribution in [3.63, 3.8) is 0 Å². The van der Waals surface area contributed by atoms with Crippen LogP contribution in [0.2, 0.25) is 0 Å². The van der Waals surface area contributed by atoms with Crippen molar-refractivity contribution in [2.24, 2.45) is 17.8 Å². The van der Waals surface area contributed by atoms with Crippen molar-refractivity contribution in [1.29, 1.82) is 0 Å². The van der Waals surface area contributed by atoms with Crippen LogP contribution in [-0.4, -0.2) is 73.5 Å². The van der Waals surface area contributed by atoms with Crippen LogP contribution >= 0.6 is 0 Å². The standard InChI is InChI=1S/C20H32N2O3.CH2O2/c1-14(2)4-8-22-12-17-16(18-3-7-20(17,13-22)25-18)11-21-19(23)15-5-9-24-10-6-15;2-1-3/h4,15-18H,3,5-13H2,1-2H3,(H,21,23);1H,(H,2,3)/t16-,17+,18+,20+;/m0./s1. The van der Waals surface area contributed by atoms with Crippen molar-refractivity contribution >= 4 is 12.4 Å². The molecule has 4 fully saturated rings. The van der Waals surface area contributed by atoms with Gasteiger partial charge in [-0.25, -0.2) is 0 Å². The van der Waals surface area contributed by atoms with Gasteiger partial charge in [-0.05, 0) is 39.5 Å². The highest BCUT2D eigenvalue weighted by Gasteiger charge is 2.62. The third-order valence-corrected chi connectivity index (χ3v) is 6.72. The highest BCUT2D eigenvalue weighted by atomic mass is 16.5. The second-order valence-corrected chi connectivity index (χ2v) is 8.74. The summed E-state index contributed by atoms with van der Waals surface area (Å²) in [5, 5.41) is 10.1. The van der Waals surface area contributed by atoms with Crippen molar-refractivity contribution in [2.75, 3.05) is 39.4 Å². The maximum Gasteiger partial charge on any atom is 0.290 e. The first-order valence-electron chi connectivity index (χ1n) is 10.5. The zero-order chi connectivity index (χ0) is 20.1.